The molecule has 4 aromatic heterocycles. The predicted octanol–water partition coefficient (Wildman–Crippen LogP) is 6.49. The van der Waals surface area contributed by atoms with Crippen LogP contribution in [0.4, 0.5) is 14.5 Å². The fourth-order valence-corrected chi connectivity index (χ4v) is 4.57. The van der Waals surface area contributed by atoms with Crippen LogP contribution in [0.2, 0.25) is 0 Å². The average Bonchev–Trinajstić information content (AvgIpc) is 3.51. The number of hydrogen-bond acceptors (Lipinski definition) is 5. The molecule has 1 amide bonds. The molecule has 0 aliphatic carbocycles. The summed E-state index contributed by atoms with van der Waals surface area (Å²) in [5, 5.41) is 10.7. The first-order valence-electron chi connectivity index (χ1n) is 12.4. The Bertz CT molecular complexity index is 1860. The smallest absolute Gasteiger partial charge is 0.224 e. The van der Waals surface area contributed by atoms with Crippen molar-refractivity contribution in [1.82, 2.24) is 30.1 Å². The molecule has 6 rings (SSSR count). The Hall–Kier alpha value is -4.99. The molecule has 4 heterocycles. The van der Waals surface area contributed by atoms with Crippen molar-refractivity contribution >= 4 is 33.5 Å². The molecule has 0 fully saturated rings. The molecule has 6 aromatic rings. The number of fused-ring (bicyclic) bond motifs is 2. The Morgan fingerprint density at radius 1 is 1.00 bits per heavy atom. The van der Waals surface area contributed by atoms with Crippen molar-refractivity contribution < 1.29 is 13.6 Å². The highest BCUT2D eigenvalue weighted by molar-refractivity contribution is 5.98. The van der Waals surface area contributed by atoms with Crippen molar-refractivity contribution in [3.63, 3.8) is 0 Å². The SMILES string of the molecule is CC(C)CC(=O)Nc1cncc(-c2cc3c(-c4nc5c(-c6cccc(F)c6)nccc5[nH]4)n[nH]c3cc2F)c1. The maximum atomic E-state index is 15.2. The Labute approximate surface area is 221 Å². The molecule has 0 aliphatic heterocycles. The van der Waals surface area contributed by atoms with Crippen LogP contribution in [0.25, 0.3) is 55.8 Å². The lowest BCUT2D eigenvalue weighted by atomic mass is 10.0. The summed E-state index contributed by atoms with van der Waals surface area (Å²) in [7, 11) is 0. The molecule has 0 unspecified atom stereocenters. The van der Waals surface area contributed by atoms with E-state index in [1.54, 1.807) is 42.7 Å². The minimum Gasteiger partial charge on any atom is -0.336 e. The van der Waals surface area contributed by atoms with Gasteiger partial charge in [-0.05, 0) is 36.2 Å². The number of benzene rings is 2. The number of nitrogens with zero attached hydrogens (tertiary/aromatic N) is 4. The number of aromatic amines is 2. The first-order chi connectivity index (χ1) is 18.9. The van der Waals surface area contributed by atoms with E-state index in [0.717, 1.165) is 0 Å². The number of H-pyrrole nitrogens is 2. The first kappa shape index (κ1) is 24.4. The van der Waals surface area contributed by atoms with Gasteiger partial charge in [-0.15, -0.1) is 0 Å². The number of carbonyl (C=O) groups is 1. The maximum Gasteiger partial charge on any atom is 0.224 e. The molecule has 0 saturated carbocycles. The number of imidazole rings is 1. The molecule has 2 aromatic carbocycles. The van der Waals surface area contributed by atoms with E-state index in [9.17, 15) is 9.18 Å². The third-order valence-electron chi connectivity index (χ3n) is 6.30. The highest BCUT2D eigenvalue weighted by atomic mass is 19.1. The normalized spacial score (nSPS) is 11.5. The number of rotatable bonds is 6. The van der Waals surface area contributed by atoms with Crippen LogP contribution in [0.3, 0.4) is 0 Å². The van der Waals surface area contributed by atoms with Gasteiger partial charge in [-0.3, -0.25) is 19.9 Å². The fourth-order valence-electron chi connectivity index (χ4n) is 4.57. The van der Waals surface area contributed by atoms with Crippen molar-refractivity contribution in [2.75, 3.05) is 5.32 Å². The summed E-state index contributed by atoms with van der Waals surface area (Å²) in [5.74, 6) is -0.305. The van der Waals surface area contributed by atoms with Gasteiger partial charge in [0.2, 0.25) is 5.91 Å². The van der Waals surface area contributed by atoms with Crippen LogP contribution in [0, 0.1) is 17.6 Å². The number of amides is 1. The Kier molecular flexibility index (Phi) is 6.07. The van der Waals surface area contributed by atoms with Gasteiger partial charge in [-0.25, -0.2) is 13.8 Å². The zero-order valence-corrected chi connectivity index (χ0v) is 21.1. The minimum atomic E-state index is -0.465. The second-order valence-corrected chi connectivity index (χ2v) is 9.71. The average molecular weight is 524 g/mol. The van der Waals surface area contributed by atoms with E-state index < -0.39 is 5.82 Å². The highest BCUT2D eigenvalue weighted by Crippen LogP contribution is 2.34. The minimum absolute atomic E-state index is 0.131. The first-order valence-corrected chi connectivity index (χ1v) is 12.4. The highest BCUT2D eigenvalue weighted by Gasteiger charge is 2.19. The number of carbonyl (C=O) groups excluding carboxylic acids is 1. The lowest BCUT2D eigenvalue weighted by Gasteiger charge is -2.09. The number of hydrogen-bond donors (Lipinski definition) is 3. The molecule has 0 spiro atoms. The molecule has 194 valence electrons. The second-order valence-electron chi connectivity index (χ2n) is 9.71. The summed E-state index contributed by atoms with van der Waals surface area (Å²) in [4.78, 5) is 28.8. The van der Waals surface area contributed by atoms with Crippen LogP contribution in [-0.4, -0.2) is 36.0 Å². The summed E-state index contributed by atoms with van der Waals surface area (Å²) >= 11 is 0. The largest absolute Gasteiger partial charge is 0.336 e. The van der Waals surface area contributed by atoms with Crippen LogP contribution in [0.15, 0.2) is 67.1 Å². The molecule has 3 N–H and O–H groups in total. The third-order valence-corrected chi connectivity index (χ3v) is 6.30. The molecule has 0 saturated heterocycles. The number of anilines is 1. The van der Waals surface area contributed by atoms with Gasteiger partial charge < -0.3 is 10.3 Å². The number of pyridine rings is 2. The van der Waals surface area contributed by atoms with Crippen LogP contribution in [0.5, 0.6) is 0 Å². The van der Waals surface area contributed by atoms with Crippen molar-refractivity contribution in [1.29, 1.82) is 0 Å². The van der Waals surface area contributed by atoms with E-state index in [0.29, 0.717) is 67.9 Å². The van der Waals surface area contributed by atoms with E-state index in [1.807, 2.05) is 13.8 Å². The monoisotopic (exact) mass is 523 g/mol. The van der Waals surface area contributed by atoms with Crippen molar-refractivity contribution in [2.24, 2.45) is 5.92 Å². The standard InChI is InChI=1S/C29H23F2N7O/c1-15(2)8-25(39)34-19-10-17(13-32-14-19)20-11-21-24(12-22(20)31)37-38-27(21)29-35-23-6-7-33-26(28(23)36-29)16-4-3-5-18(30)9-16/h3-7,9-15H,8H2,1-2H3,(H,34,39)(H,35,36)(H,37,38). The van der Waals surface area contributed by atoms with Gasteiger partial charge in [0.05, 0.1) is 28.6 Å². The van der Waals surface area contributed by atoms with Gasteiger partial charge in [0, 0.05) is 47.0 Å². The van der Waals surface area contributed by atoms with Crippen LogP contribution < -0.4 is 5.32 Å². The molecule has 0 bridgehead atoms. The Morgan fingerprint density at radius 2 is 1.87 bits per heavy atom. The fraction of sp³-hybridized carbons (Fsp3) is 0.138. The summed E-state index contributed by atoms with van der Waals surface area (Å²) in [6, 6.07) is 12.7. The molecule has 0 radical (unpaired) electrons. The predicted molar refractivity (Wildman–Crippen MR) is 146 cm³/mol. The quantitative estimate of drug-likeness (QED) is 0.231. The molecular formula is C29H23F2N7O. The molecule has 8 nitrogen and oxygen atoms in total. The zero-order valence-electron chi connectivity index (χ0n) is 21.1. The zero-order chi connectivity index (χ0) is 27.1. The second kappa shape index (κ2) is 9.71. The van der Waals surface area contributed by atoms with Crippen molar-refractivity contribution in [3.05, 3.63) is 78.8 Å². The van der Waals surface area contributed by atoms with Crippen molar-refractivity contribution in [2.45, 2.75) is 20.3 Å². The summed E-state index contributed by atoms with van der Waals surface area (Å²) in [6.45, 7) is 3.92. The molecular weight excluding hydrogens is 500 g/mol. The van der Waals surface area contributed by atoms with Gasteiger partial charge in [0.1, 0.15) is 22.8 Å². The van der Waals surface area contributed by atoms with E-state index in [2.05, 4.69) is 30.5 Å². The van der Waals surface area contributed by atoms with Gasteiger partial charge in [0.15, 0.2) is 5.82 Å². The van der Waals surface area contributed by atoms with E-state index in [4.69, 9.17) is 4.98 Å². The van der Waals surface area contributed by atoms with Gasteiger partial charge >= 0.3 is 0 Å². The van der Waals surface area contributed by atoms with Gasteiger partial charge in [-0.2, -0.15) is 5.10 Å². The number of nitrogens with one attached hydrogen (secondary N) is 3. The lowest BCUT2D eigenvalue weighted by molar-refractivity contribution is -0.116. The summed E-state index contributed by atoms with van der Waals surface area (Å²) in [6.07, 6.45) is 5.07. The Balaban J connectivity index is 1.41. The molecule has 0 atom stereocenters. The van der Waals surface area contributed by atoms with E-state index in [-0.39, 0.29) is 17.6 Å². The topological polar surface area (TPSA) is 112 Å². The van der Waals surface area contributed by atoms with Crippen LogP contribution >= 0.6 is 0 Å². The molecule has 10 heteroatoms. The molecule has 0 aliphatic rings. The summed E-state index contributed by atoms with van der Waals surface area (Å²) < 4.78 is 29.1. The third kappa shape index (κ3) is 4.72. The lowest BCUT2D eigenvalue weighted by Crippen LogP contribution is -2.14. The Morgan fingerprint density at radius 3 is 2.69 bits per heavy atom. The van der Waals surface area contributed by atoms with Crippen LogP contribution in [-0.2, 0) is 4.79 Å². The van der Waals surface area contributed by atoms with Crippen LogP contribution in [0.1, 0.15) is 20.3 Å². The number of aromatic nitrogens is 6. The van der Waals surface area contributed by atoms with Gasteiger partial charge in [-0.1, -0.05) is 26.0 Å². The maximum absolute atomic E-state index is 15.2. The van der Waals surface area contributed by atoms with E-state index in [1.165, 1.54) is 24.4 Å². The number of halogens is 2. The van der Waals surface area contributed by atoms with Gasteiger partial charge in [0.25, 0.3) is 0 Å². The summed E-state index contributed by atoms with van der Waals surface area (Å²) in [5.41, 5.74) is 4.66. The van der Waals surface area contributed by atoms with Crippen molar-refractivity contribution in [3.8, 4) is 33.9 Å². The molecule has 39 heavy (non-hydrogen) atoms. The van der Waals surface area contributed by atoms with E-state index >= 15 is 4.39 Å².